The lowest BCUT2D eigenvalue weighted by Gasteiger charge is -2.28. The van der Waals surface area contributed by atoms with Crippen molar-refractivity contribution in [2.75, 3.05) is 88.1 Å². The second-order valence-electron chi connectivity index (χ2n) is 6.63. The van der Waals surface area contributed by atoms with E-state index in [9.17, 15) is 9.46 Å². The fraction of sp³-hybridized carbons (Fsp3) is 1.00. The molecule has 0 amide bonds. The van der Waals surface area contributed by atoms with E-state index in [4.69, 9.17) is 18.1 Å². The minimum Gasteiger partial charge on any atom is -0.331 e. The first-order valence-corrected chi connectivity index (χ1v) is 11.5. The van der Waals surface area contributed by atoms with Crippen LogP contribution in [-0.4, -0.2) is 102 Å². The predicted octanol–water partition coefficient (Wildman–Crippen LogP) is 1.92. The molecule has 8 nitrogen and oxygen atoms in total. The van der Waals surface area contributed by atoms with Gasteiger partial charge in [-0.1, -0.05) is 0 Å². The Morgan fingerprint density at radius 3 is 1.96 bits per heavy atom. The van der Waals surface area contributed by atoms with Gasteiger partial charge in [0.25, 0.3) is 0 Å². The monoisotopic (exact) mass is 390 g/mol. The van der Waals surface area contributed by atoms with E-state index in [0.717, 1.165) is 24.0 Å². The summed E-state index contributed by atoms with van der Waals surface area (Å²) in [4.78, 5) is 12.3. The third kappa shape index (κ3) is 10.4. The average molecular weight is 390 g/mol. The van der Waals surface area contributed by atoms with Gasteiger partial charge in [-0.25, -0.2) is 0 Å². The first-order chi connectivity index (χ1) is 11.0. The number of nitrogens with zero attached hydrogens (tertiary/aromatic N) is 2. The van der Waals surface area contributed by atoms with Gasteiger partial charge < -0.3 is 13.5 Å². The molecule has 0 aliphatic rings. The SMILES string of the molecule is COP(=O)(CCN(CCC[N+](C)(C)C)CC[P+](O)(OC)OC)OC. The van der Waals surface area contributed by atoms with E-state index >= 15 is 0 Å². The zero-order valence-electron chi connectivity index (χ0n) is 16.2. The van der Waals surface area contributed by atoms with Crippen LogP contribution in [0.25, 0.3) is 0 Å². The van der Waals surface area contributed by atoms with Gasteiger partial charge in [0.15, 0.2) is 6.16 Å². The zero-order valence-corrected chi connectivity index (χ0v) is 18.0. The van der Waals surface area contributed by atoms with Crippen LogP contribution in [0.5, 0.6) is 0 Å². The fourth-order valence-electron chi connectivity index (χ4n) is 2.15. The van der Waals surface area contributed by atoms with Gasteiger partial charge in [-0.2, -0.15) is 13.9 Å². The molecule has 0 aliphatic carbocycles. The summed E-state index contributed by atoms with van der Waals surface area (Å²) in [6.45, 7) is 3.01. The van der Waals surface area contributed by atoms with Crippen molar-refractivity contribution in [3.8, 4) is 0 Å². The molecular formula is C14H36N2O6P2+2. The molecule has 146 valence electrons. The summed E-state index contributed by atoms with van der Waals surface area (Å²) in [5.41, 5.74) is 0. The Bertz CT molecular complexity index is 380. The average Bonchev–Trinajstić information content (AvgIpc) is 2.55. The number of quaternary nitrogens is 1. The lowest BCUT2D eigenvalue weighted by molar-refractivity contribution is -0.870. The highest BCUT2D eigenvalue weighted by Crippen LogP contribution is 2.55. The van der Waals surface area contributed by atoms with Crippen molar-refractivity contribution in [2.45, 2.75) is 6.42 Å². The molecule has 0 aliphatic heterocycles. The maximum absolute atomic E-state index is 12.2. The van der Waals surface area contributed by atoms with Gasteiger partial charge in [0.1, 0.15) is 0 Å². The Kier molecular flexibility index (Phi) is 11.3. The van der Waals surface area contributed by atoms with Crippen LogP contribution in [0.1, 0.15) is 6.42 Å². The van der Waals surface area contributed by atoms with Gasteiger partial charge in [-0.05, 0) is 0 Å². The van der Waals surface area contributed by atoms with Gasteiger partial charge in [-0.15, -0.1) is 0 Å². The molecule has 0 rings (SSSR count). The Morgan fingerprint density at radius 2 is 1.54 bits per heavy atom. The molecule has 0 radical (unpaired) electrons. The summed E-state index contributed by atoms with van der Waals surface area (Å²) in [6, 6.07) is 0. The van der Waals surface area contributed by atoms with Gasteiger partial charge in [-0.3, -0.25) is 9.46 Å². The Balaban J connectivity index is 4.67. The zero-order chi connectivity index (χ0) is 18.9. The largest absolute Gasteiger partial charge is 0.409 e. The van der Waals surface area contributed by atoms with E-state index in [1.807, 2.05) is 0 Å². The summed E-state index contributed by atoms with van der Waals surface area (Å²) in [5.74, 6) is 0. The molecule has 0 unspecified atom stereocenters. The van der Waals surface area contributed by atoms with E-state index in [2.05, 4.69) is 26.0 Å². The van der Waals surface area contributed by atoms with Crippen molar-refractivity contribution in [3.63, 3.8) is 0 Å². The normalized spacial score (nSPS) is 13.7. The third-order valence-electron chi connectivity index (χ3n) is 3.82. The Morgan fingerprint density at radius 1 is 1.00 bits per heavy atom. The minimum atomic E-state index is -3.04. The second-order valence-corrected chi connectivity index (χ2v) is 11.5. The van der Waals surface area contributed by atoms with Crippen molar-refractivity contribution in [1.82, 2.24) is 4.90 Å². The first kappa shape index (κ1) is 24.4. The highest BCUT2D eigenvalue weighted by atomic mass is 31.2. The van der Waals surface area contributed by atoms with Crippen molar-refractivity contribution in [2.24, 2.45) is 0 Å². The van der Waals surface area contributed by atoms with E-state index in [1.54, 1.807) is 0 Å². The lowest BCUT2D eigenvalue weighted by atomic mass is 10.3. The molecule has 0 fully saturated rings. The van der Waals surface area contributed by atoms with E-state index in [-0.39, 0.29) is 0 Å². The van der Waals surface area contributed by atoms with Crippen LogP contribution < -0.4 is 0 Å². The van der Waals surface area contributed by atoms with Crippen LogP contribution in [0, 0.1) is 0 Å². The third-order valence-corrected chi connectivity index (χ3v) is 7.59. The number of rotatable bonds is 14. The van der Waals surface area contributed by atoms with Crippen LogP contribution in [-0.2, 0) is 22.7 Å². The van der Waals surface area contributed by atoms with Crippen molar-refractivity contribution >= 4 is 15.5 Å². The van der Waals surface area contributed by atoms with Crippen LogP contribution in [0.3, 0.4) is 0 Å². The molecule has 0 heterocycles. The molecule has 0 spiro atoms. The standard InChI is InChI=1S/C14H36N2O6P2/c1-16(2,3)12-8-9-15(10-13-23(17,19-4)20-5)11-14-24(18,21-6)22-7/h17H,8-14H2,1-7H3/q+2. The molecule has 0 saturated heterocycles. The van der Waals surface area contributed by atoms with E-state index in [1.165, 1.54) is 28.4 Å². The summed E-state index contributed by atoms with van der Waals surface area (Å²) < 4.78 is 33.3. The molecule has 10 heteroatoms. The molecule has 0 saturated carbocycles. The van der Waals surface area contributed by atoms with Crippen molar-refractivity contribution in [3.05, 3.63) is 0 Å². The Labute approximate surface area is 147 Å². The molecule has 0 bridgehead atoms. The quantitative estimate of drug-likeness (QED) is 0.359. The highest BCUT2D eigenvalue weighted by molar-refractivity contribution is 7.60. The summed E-state index contributed by atoms with van der Waals surface area (Å²) in [6.07, 6.45) is 1.69. The summed E-state index contributed by atoms with van der Waals surface area (Å²) in [7, 11) is 6.28. The molecule has 24 heavy (non-hydrogen) atoms. The van der Waals surface area contributed by atoms with Crippen molar-refractivity contribution in [1.29, 1.82) is 0 Å². The maximum Gasteiger partial charge on any atom is 0.409 e. The second kappa shape index (κ2) is 11.2. The molecule has 0 aromatic carbocycles. The minimum absolute atomic E-state index is 0.307. The molecule has 0 aromatic heterocycles. The predicted molar refractivity (Wildman–Crippen MR) is 98.5 cm³/mol. The lowest BCUT2D eigenvalue weighted by Crippen LogP contribution is -2.38. The molecule has 0 aromatic rings. The van der Waals surface area contributed by atoms with Crippen LogP contribution in [0.2, 0.25) is 0 Å². The van der Waals surface area contributed by atoms with Gasteiger partial charge in [0.05, 0.1) is 48.1 Å². The summed E-state index contributed by atoms with van der Waals surface area (Å²) >= 11 is 0. The van der Waals surface area contributed by atoms with E-state index in [0.29, 0.717) is 25.4 Å². The molecule has 0 atom stereocenters. The van der Waals surface area contributed by atoms with Gasteiger partial charge in [0, 0.05) is 40.3 Å². The smallest absolute Gasteiger partial charge is 0.331 e. The Hall–Kier alpha value is 0.380. The first-order valence-electron chi connectivity index (χ1n) is 7.98. The molecule has 1 N–H and O–H groups in total. The number of hydrogen-bond donors (Lipinski definition) is 1. The van der Waals surface area contributed by atoms with Gasteiger partial charge >= 0.3 is 15.5 Å². The fourth-order valence-corrected chi connectivity index (χ4v) is 4.24. The highest BCUT2D eigenvalue weighted by Gasteiger charge is 2.38. The van der Waals surface area contributed by atoms with Crippen LogP contribution >= 0.6 is 15.5 Å². The van der Waals surface area contributed by atoms with Gasteiger partial charge in [0.2, 0.25) is 0 Å². The number of hydrogen-bond acceptors (Lipinski definition) is 7. The maximum atomic E-state index is 12.2. The van der Waals surface area contributed by atoms with Crippen LogP contribution in [0.4, 0.5) is 0 Å². The molecular weight excluding hydrogens is 354 g/mol. The van der Waals surface area contributed by atoms with E-state index < -0.39 is 15.5 Å². The van der Waals surface area contributed by atoms with Crippen LogP contribution in [0.15, 0.2) is 0 Å². The van der Waals surface area contributed by atoms with Crippen molar-refractivity contribution < 1.29 is 32.0 Å². The topological polar surface area (TPSA) is 77.5 Å². The summed E-state index contributed by atoms with van der Waals surface area (Å²) in [5, 5.41) is 0.